The first kappa shape index (κ1) is 20.7. The molecule has 0 spiro atoms. The van der Waals surface area contributed by atoms with Crippen LogP contribution >= 0.6 is 0 Å². The highest BCUT2D eigenvalue weighted by atomic mass is 16.4. The fourth-order valence-electron chi connectivity index (χ4n) is 3.33. The number of hydrogen-bond donors (Lipinski definition) is 3. The quantitative estimate of drug-likeness (QED) is 0.712. The molecule has 27 heavy (non-hydrogen) atoms. The van der Waals surface area contributed by atoms with Crippen molar-refractivity contribution in [3.05, 3.63) is 29.8 Å². The predicted molar refractivity (Wildman–Crippen MR) is 103 cm³/mol. The smallest absolute Gasteiger partial charge is 0.317 e. The molecule has 1 aliphatic rings. The molecule has 0 saturated carbocycles. The van der Waals surface area contributed by atoms with Gasteiger partial charge in [-0.1, -0.05) is 32.9 Å². The van der Waals surface area contributed by atoms with Gasteiger partial charge in [0.15, 0.2) is 0 Å². The first-order valence-corrected chi connectivity index (χ1v) is 9.39. The molecule has 1 fully saturated rings. The van der Waals surface area contributed by atoms with E-state index in [1.165, 1.54) is 0 Å². The van der Waals surface area contributed by atoms with Crippen LogP contribution in [0.4, 0.5) is 10.5 Å². The van der Waals surface area contributed by atoms with E-state index < -0.39 is 11.9 Å². The standard InChI is InChI=1S/C20H29N3O4/c1-13(2)7-18(24)22-17-6-4-5-15(9-17)10-21-20(27)23-11-14(3)8-16(12-23)19(25)26/h4-6,9,13-14,16H,7-8,10-12H2,1-3H3,(H,21,27)(H,22,24)(H,25,26). The van der Waals surface area contributed by atoms with E-state index in [1.54, 1.807) is 4.90 Å². The monoisotopic (exact) mass is 375 g/mol. The van der Waals surface area contributed by atoms with Gasteiger partial charge in [0.25, 0.3) is 0 Å². The van der Waals surface area contributed by atoms with Gasteiger partial charge in [0.1, 0.15) is 0 Å². The number of likely N-dealkylation sites (tertiary alicyclic amines) is 1. The van der Waals surface area contributed by atoms with Crippen molar-refractivity contribution in [3.8, 4) is 0 Å². The largest absolute Gasteiger partial charge is 0.481 e. The Bertz CT molecular complexity index is 690. The molecule has 2 atom stereocenters. The fraction of sp³-hybridized carbons (Fsp3) is 0.550. The number of hydrogen-bond acceptors (Lipinski definition) is 3. The van der Waals surface area contributed by atoms with E-state index in [0.29, 0.717) is 31.6 Å². The first-order valence-electron chi connectivity index (χ1n) is 9.39. The van der Waals surface area contributed by atoms with Crippen molar-refractivity contribution in [1.82, 2.24) is 10.2 Å². The number of aliphatic carboxylic acids is 1. The molecular formula is C20H29N3O4. The average Bonchev–Trinajstić information content (AvgIpc) is 2.58. The lowest BCUT2D eigenvalue weighted by atomic mass is 9.91. The second-order valence-electron chi connectivity index (χ2n) is 7.79. The molecule has 1 heterocycles. The summed E-state index contributed by atoms with van der Waals surface area (Å²) in [6.45, 7) is 7.04. The Balaban J connectivity index is 1.90. The maximum atomic E-state index is 12.4. The molecule has 1 aliphatic heterocycles. The molecule has 7 heteroatoms. The van der Waals surface area contributed by atoms with Gasteiger partial charge in [-0.3, -0.25) is 9.59 Å². The van der Waals surface area contributed by atoms with Crippen LogP contribution in [0.1, 0.15) is 39.2 Å². The number of urea groups is 1. The number of carbonyl (C=O) groups excluding carboxylic acids is 2. The summed E-state index contributed by atoms with van der Waals surface area (Å²) in [7, 11) is 0. The van der Waals surface area contributed by atoms with Crippen molar-refractivity contribution in [2.75, 3.05) is 18.4 Å². The molecular weight excluding hydrogens is 346 g/mol. The number of nitrogens with zero attached hydrogens (tertiary/aromatic N) is 1. The summed E-state index contributed by atoms with van der Waals surface area (Å²) in [5.41, 5.74) is 1.57. The summed E-state index contributed by atoms with van der Waals surface area (Å²) >= 11 is 0. The van der Waals surface area contributed by atoms with E-state index >= 15 is 0 Å². The number of nitrogens with one attached hydrogen (secondary N) is 2. The normalized spacial score (nSPS) is 19.6. The van der Waals surface area contributed by atoms with Gasteiger partial charge >= 0.3 is 12.0 Å². The minimum Gasteiger partial charge on any atom is -0.481 e. The van der Waals surface area contributed by atoms with E-state index in [0.717, 1.165) is 5.56 Å². The number of anilines is 1. The van der Waals surface area contributed by atoms with Crippen molar-refractivity contribution in [3.63, 3.8) is 0 Å². The average molecular weight is 375 g/mol. The first-order chi connectivity index (χ1) is 12.7. The van der Waals surface area contributed by atoms with Crippen LogP contribution < -0.4 is 10.6 Å². The lowest BCUT2D eigenvalue weighted by Crippen LogP contribution is -2.49. The van der Waals surface area contributed by atoms with Gasteiger partial charge < -0.3 is 20.6 Å². The number of amides is 3. The molecule has 2 unspecified atom stereocenters. The van der Waals surface area contributed by atoms with Gasteiger partial charge in [0.2, 0.25) is 5.91 Å². The van der Waals surface area contributed by atoms with Gasteiger partial charge in [-0.25, -0.2) is 4.79 Å². The molecule has 3 N–H and O–H groups in total. The van der Waals surface area contributed by atoms with Crippen molar-refractivity contribution < 1.29 is 19.5 Å². The van der Waals surface area contributed by atoms with Crippen LogP contribution in [0.2, 0.25) is 0 Å². The van der Waals surface area contributed by atoms with Crippen LogP contribution in [0.15, 0.2) is 24.3 Å². The number of rotatable bonds is 6. The fourth-order valence-corrected chi connectivity index (χ4v) is 3.33. The van der Waals surface area contributed by atoms with Crippen LogP contribution in [0.5, 0.6) is 0 Å². The third-order valence-corrected chi connectivity index (χ3v) is 4.54. The molecule has 148 valence electrons. The van der Waals surface area contributed by atoms with Crippen molar-refractivity contribution in [2.24, 2.45) is 17.8 Å². The maximum Gasteiger partial charge on any atom is 0.317 e. The Labute approximate surface area is 160 Å². The Morgan fingerprint density at radius 2 is 2.00 bits per heavy atom. The lowest BCUT2D eigenvalue weighted by molar-refractivity contribution is -0.143. The third-order valence-electron chi connectivity index (χ3n) is 4.54. The summed E-state index contributed by atoms with van der Waals surface area (Å²) in [6.07, 6.45) is 1.05. The minimum absolute atomic E-state index is 0.0341. The van der Waals surface area contributed by atoms with Gasteiger partial charge in [-0.2, -0.15) is 0 Å². The molecule has 0 aliphatic carbocycles. The topological polar surface area (TPSA) is 98.7 Å². The molecule has 1 aromatic rings. The molecule has 3 amide bonds. The second-order valence-corrected chi connectivity index (χ2v) is 7.79. The summed E-state index contributed by atoms with van der Waals surface area (Å²) < 4.78 is 0. The van der Waals surface area contributed by atoms with Crippen molar-refractivity contribution >= 4 is 23.6 Å². The molecule has 1 aromatic carbocycles. The Hall–Kier alpha value is -2.57. The summed E-state index contributed by atoms with van der Waals surface area (Å²) in [6, 6.07) is 7.08. The van der Waals surface area contributed by atoms with E-state index in [1.807, 2.05) is 45.0 Å². The van der Waals surface area contributed by atoms with Gasteiger partial charge in [-0.15, -0.1) is 0 Å². The number of benzene rings is 1. The van der Waals surface area contributed by atoms with Crippen LogP contribution in [0.3, 0.4) is 0 Å². The van der Waals surface area contributed by atoms with Crippen LogP contribution in [-0.2, 0) is 16.1 Å². The second kappa shape index (κ2) is 9.39. The molecule has 1 saturated heterocycles. The van der Waals surface area contributed by atoms with Gasteiger partial charge in [0, 0.05) is 31.7 Å². The van der Waals surface area contributed by atoms with Crippen molar-refractivity contribution in [1.29, 1.82) is 0 Å². The lowest BCUT2D eigenvalue weighted by Gasteiger charge is -2.34. The number of carbonyl (C=O) groups is 3. The van der Waals surface area contributed by atoms with Crippen LogP contribution in [-0.4, -0.2) is 41.0 Å². The summed E-state index contributed by atoms with van der Waals surface area (Å²) in [5.74, 6) is -0.962. The molecule has 2 rings (SSSR count). The zero-order chi connectivity index (χ0) is 20.0. The predicted octanol–water partition coefficient (Wildman–Crippen LogP) is 2.92. The maximum absolute atomic E-state index is 12.4. The molecule has 0 aromatic heterocycles. The Morgan fingerprint density at radius 1 is 1.26 bits per heavy atom. The Morgan fingerprint density at radius 3 is 2.67 bits per heavy atom. The number of carboxylic acid groups (broad SMARTS) is 1. The number of piperidine rings is 1. The molecule has 7 nitrogen and oxygen atoms in total. The minimum atomic E-state index is -0.857. The Kier molecular flexibility index (Phi) is 7.21. The van der Waals surface area contributed by atoms with E-state index in [2.05, 4.69) is 10.6 Å². The van der Waals surface area contributed by atoms with Crippen LogP contribution in [0.25, 0.3) is 0 Å². The highest BCUT2D eigenvalue weighted by Crippen LogP contribution is 2.22. The molecule has 0 radical (unpaired) electrons. The zero-order valence-corrected chi connectivity index (χ0v) is 16.2. The highest BCUT2D eigenvalue weighted by Gasteiger charge is 2.31. The number of carboxylic acids is 1. The van der Waals surface area contributed by atoms with Gasteiger partial charge in [0.05, 0.1) is 5.92 Å². The highest BCUT2D eigenvalue weighted by molar-refractivity contribution is 5.90. The summed E-state index contributed by atoms with van der Waals surface area (Å²) in [4.78, 5) is 37.1. The molecule has 0 bridgehead atoms. The van der Waals surface area contributed by atoms with Gasteiger partial charge in [-0.05, 0) is 36.0 Å². The van der Waals surface area contributed by atoms with Crippen LogP contribution in [0, 0.1) is 17.8 Å². The van der Waals surface area contributed by atoms with Crippen molar-refractivity contribution in [2.45, 2.75) is 40.2 Å². The van der Waals surface area contributed by atoms with E-state index in [-0.39, 0.29) is 30.3 Å². The SMILES string of the molecule is CC(C)CC(=O)Nc1cccc(CNC(=O)N2CC(C)CC(C(=O)O)C2)c1. The summed E-state index contributed by atoms with van der Waals surface area (Å²) in [5, 5.41) is 14.9. The zero-order valence-electron chi connectivity index (χ0n) is 16.2. The third kappa shape index (κ3) is 6.58. The van der Waals surface area contributed by atoms with E-state index in [9.17, 15) is 19.5 Å². The van der Waals surface area contributed by atoms with E-state index in [4.69, 9.17) is 0 Å².